The molecule has 1 heterocycles. The van der Waals surface area contributed by atoms with Crippen LogP contribution in [0.3, 0.4) is 0 Å². The zero-order valence-electron chi connectivity index (χ0n) is 20.3. The number of para-hydroxylation sites is 2. The summed E-state index contributed by atoms with van der Waals surface area (Å²) < 4.78 is 39.1. The van der Waals surface area contributed by atoms with E-state index in [1.54, 1.807) is 67.8 Å². The summed E-state index contributed by atoms with van der Waals surface area (Å²) in [7, 11) is -2.38. The van der Waals surface area contributed by atoms with E-state index in [1.165, 1.54) is 15.7 Å². The number of carbonyl (C=O) groups excluding carboxylic acids is 1. The Hall–Kier alpha value is -4.26. The number of esters is 1. The first-order valence-corrected chi connectivity index (χ1v) is 14.0. The van der Waals surface area contributed by atoms with Gasteiger partial charge in [-0.15, -0.1) is 0 Å². The van der Waals surface area contributed by atoms with Crippen LogP contribution in [-0.4, -0.2) is 42.8 Å². The first-order valence-electron chi connectivity index (χ1n) is 11.6. The summed E-state index contributed by atoms with van der Waals surface area (Å²) in [6.07, 6.45) is 0. The minimum atomic E-state index is -3.93. The van der Waals surface area contributed by atoms with Crippen molar-refractivity contribution in [3.8, 4) is 17.6 Å². The fourth-order valence-electron chi connectivity index (χ4n) is 3.85. The number of carbonyl (C=O) groups is 1. The van der Waals surface area contributed by atoms with Gasteiger partial charge in [-0.2, -0.15) is 0 Å². The van der Waals surface area contributed by atoms with Gasteiger partial charge in [-0.3, -0.25) is 0 Å². The molecule has 5 aromatic rings. The number of hydrogen-bond acceptors (Lipinski definition) is 7. The van der Waals surface area contributed by atoms with Gasteiger partial charge in [-0.1, -0.05) is 66.1 Å². The molecule has 0 aliphatic heterocycles. The predicted molar refractivity (Wildman–Crippen MR) is 148 cm³/mol. The quantitative estimate of drug-likeness (QED) is 0.155. The molecule has 0 aliphatic carbocycles. The largest absolute Gasteiger partial charge is 0.497 e. The maximum absolute atomic E-state index is 13.8. The highest BCUT2D eigenvalue weighted by atomic mass is 32.2. The summed E-state index contributed by atoms with van der Waals surface area (Å²) >= 11 is 1.20. The zero-order valence-corrected chi connectivity index (χ0v) is 22.0. The summed E-state index contributed by atoms with van der Waals surface area (Å²) in [4.78, 5) is 16.9. The molecule has 38 heavy (non-hydrogen) atoms. The zero-order chi connectivity index (χ0) is 26.5. The van der Waals surface area contributed by atoms with Gasteiger partial charge in [-0.25, -0.2) is 22.2 Å². The van der Waals surface area contributed by atoms with Crippen LogP contribution < -0.4 is 4.74 Å². The summed E-state index contributed by atoms with van der Waals surface area (Å²) in [5.74, 6) is 6.13. The summed E-state index contributed by atoms with van der Waals surface area (Å²) in [5, 5.41) is 2.10. The number of benzene rings is 4. The molecule has 0 bridgehead atoms. The summed E-state index contributed by atoms with van der Waals surface area (Å²) in [6.45, 7) is -0.0861. The fraction of sp³-hybridized carbons (Fsp3) is 0.103. The van der Waals surface area contributed by atoms with Crippen LogP contribution in [0.2, 0.25) is 0 Å². The topological polar surface area (TPSA) is 87.5 Å². The van der Waals surface area contributed by atoms with Crippen molar-refractivity contribution in [3.63, 3.8) is 0 Å². The molecule has 190 valence electrons. The van der Waals surface area contributed by atoms with Crippen molar-refractivity contribution < 1.29 is 22.7 Å². The Kier molecular flexibility index (Phi) is 7.36. The van der Waals surface area contributed by atoms with E-state index in [0.717, 1.165) is 10.8 Å². The molecule has 9 heteroatoms. The molecule has 0 atom stereocenters. The van der Waals surface area contributed by atoms with E-state index in [-0.39, 0.29) is 17.3 Å². The van der Waals surface area contributed by atoms with Crippen molar-refractivity contribution in [2.45, 2.75) is 10.1 Å². The summed E-state index contributed by atoms with van der Waals surface area (Å²) in [6, 6.07) is 26.4. The molecule has 1 aromatic heterocycles. The van der Waals surface area contributed by atoms with E-state index in [9.17, 15) is 13.2 Å². The van der Waals surface area contributed by atoms with Gasteiger partial charge in [0.25, 0.3) is 10.0 Å². The molecule has 0 unspecified atom stereocenters. The van der Waals surface area contributed by atoms with E-state index in [0.29, 0.717) is 27.5 Å². The van der Waals surface area contributed by atoms with Crippen molar-refractivity contribution in [1.82, 2.24) is 8.96 Å². The molecule has 0 spiro atoms. The number of aromatic nitrogens is 2. The molecule has 0 saturated heterocycles. The molecular formula is C29H22N2O5S2. The second-order valence-corrected chi connectivity index (χ2v) is 10.8. The second-order valence-electron chi connectivity index (χ2n) is 8.11. The van der Waals surface area contributed by atoms with E-state index in [2.05, 4.69) is 16.8 Å². The van der Waals surface area contributed by atoms with Gasteiger partial charge >= 0.3 is 5.97 Å². The smallest absolute Gasteiger partial charge is 0.339 e. The number of thioether (sulfide) groups is 1. The number of fused-ring (bicyclic) bond motifs is 2. The van der Waals surface area contributed by atoms with Crippen LogP contribution in [0.4, 0.5) is 0 Å². The number of imidazole rings is 1. The number of hydrogen-bond donors (Lipinski definition) is 0. The Morgan fingerprint density at radius 2 is 1.66 bits per heavy atom. The first-order chi connectivity index (χ1) is 18.5. The number of rotatable bonds is 7. The lowest BCUT2D eigenvalue weighted by atomic mass is 10.1. The third kappa shape index (κ3) is 5.23. The Labute approximate surface area is 224 Å². The molecule has 0 radical (unpaired) electrons. The molecule has 0 N–H and O–H groups in total. The Bertz CT molecular complexity index is 1800. The van der Waals surface area contributed by atoms with E-state index >= 15 is 0 Å². The SMILES string of the molecule is COc1ccc(C(=O)OCC#CCSc2nc3ccccc3n2S(=O)(=O)c2ccc3ccccc3c2)cc1. The highest BCUT2D eigenvalue weighted by Crippen LogP contribution is 2.30. The summed E-state index contributed by atoms with van der Waals surface area (Å²) in [5.41, 5.74) is 1.46. The predicted octanol–water partition coefficient (Wildman–Crippen LogP) is 5.39. The monoisotopic (exact) mass is 542 g/mol. The number of ether oxygens (including phenoxy) is 2. The second kappa shape index (κ2) is 11.0. The van der Waals surface area contributed by atoms with Gasteiger partial charge in [0, 0.05) is 0 Å². The van der Waals surface area contributed by atoms with Crippen LogP contribution in [0.1, 0.15) is 10.4 Å². The van der Waals surface area contributed by atoms with E-state index in [4.69, 9.17) is 9.47 Å². The maximum Gasteiger partial charge on any atom is 0.339 e. The van der Waals surface area contributed by atoms with Crippen molar-refractivity contribution in [3.05, 3.63) is 96.6 Å². The average molecular weight is 543 g/mol. The Morgan fingerprint density at radius 3 is 2.45 bits per heavy atom. The highest BCUT2D eigenvalue weighted by molar-refractivity contribution is 8.00. The molecule has 0 aliphatic rings. The van der Waals surface area contributed by atoms with Gasteiger partial charge < -0.3 is 9.47 Å². The normalized spacial score (nSPS) is 11.2. The number of nitrogens with zero attached hydrogens (tertiary/aromatic N) is 2. The minimum Gasteiger partial charge on any atom is -0.497 e. The van der Waals surface area contributed by atoms with Crippen molar-refractivity contribution in [2.24, 2.45) is 0 Å². The average Bonchev–Trinajstić information content (AvgIpc) is 3.33. The van der Waals surface area contributed by atoms with Gasteiger partial charge in [-0.05, 0) is 59.3 Å². The van der Waals surface area contributed by atoms with Crippen LogP contribution >= 0.6 is 11.8 Å². The van der Waals surface area contributed by atoms with E-state index < -0.39 is 16.0 Å². The maximum atomic E-state index is 13.8. The molecule has 0 amide bonds. The third-order valence-electron chi connectivity index (χ3n) is 5.75. The minimum absolute atomic E-state index is 0.0861. The van der Waals surface area contributed by atoms with E-state index in [1.807, 2.05) is 30.3 Å². The fourth-order valence-corrected chi connectivity index (χ4v) is 6.37. The molecule has 4 aromatic carbocycles. The van der Waals surface area contributed by atoms with Crippen LogP contribution in [0.25, 0.3) is 21.8 Å². The molecule has 5 rings (SSSR count). The Morgan fingerprint density at radius 1 is 0.921 bits per heavy atom. The van der Waals surface area contributed by atoms with Crippen molar-refractivity contribution in [2.75, 3.05) is 19.5 Å². The van der Waals surface area contributed by atoms with Crippen LogP contribution in [-0.2, 0) is 14.8 Å². The number of methoxy groups -OCH3 is 1. The standard InChI is InChI=1S/C29H22N2O5S2/c1-35-24-15-12-22(13-16-24)28(32)36-18-6-7-19-37-29-30-26-10-4-5-11-27(26)31(29)38(33,34)25-17-14-21-8-2-3-9-23(21)20-25/h2-5,8-17,20H,18-19H2,1H3. The molecular weight excluding hydrogens is 520 g/mol. The van der Waals surface area contributed by atoms with Crippen LogP contribution in [0, 0.1) is 11.8 Å². The lowest BCUT2D eigenvalue weighted by Crippen LogP contribution is -2.14. The van der Waals surface area contributed by atoms with Crippen LogP contribution in [0.5, 0.6) is 5.75 Å². The lowest BCUT2D eigenvalue weighted by molar-refractivity contribution is 0.0556. The third-order valence-corrected chi connectivity index (χ3v) is 8.39. The first kappa shape index (κ1) is 25.4. The molecule has 0 fully saturated rings. The van der Waals surface area contributed by atoms with Gasteiger partial charge in [0.1, 0.15) is 5.75 Å². The lowest BCUT2D eigenvalue weighted by Gasteiger charge is -2.10. The Balaban J connectivity index is 1.33. The van der Waals surface area contributed by atoms with Gasteiger partial charge in [0.05, 0.1) is 34.4 Å². The molecule has 7 nitrogen and oxygen atoms in total. The highest BCUT2D eigenvalue weighted by Gasteiger charge is 2.24. The van der Waals surface area contributed by atoms with Gasteiger partial charge in [0.15, 0.2) is 11.8 Å². The molecule has 0 saturated carbocycles. The van der Waals surface area contributed by atoms with Crippen molar-refractivity contribution in [1.29, 1.82) is 0 Å². The van der Waals surface area contributed by atoms with Crippen LogP contribution in [0.15, 0.2) is 101 Å². The van der Waals surface area contributed by atoms with Crippen molar-refractivity contribution >= 4 is 49.6 Å². The van der Waals surface area contributed by atoms with Gasteiger partial charge in [0.2, 0.25) is 0 Å².